The fourth-order valence-corrected chi connectivity index (χ4v) is 3.39. The number of nitrogens with zero attached hydrogens (tertiary/aromatic N) is 1. The fourth-order valence-electron chi connectivity index (χ4n) is 3.39. The molecule has 23 heavy (non-hydrogen) atoms. The minimum atomic E-state index is -0.372. The van der Waals surface area contributed by atoms with Gasteiger partial charge in [0.25, 0.3) is 0 Å². The molecule has 0 bridgehead atoms. The van der Waals surface area contributed by atoms with Crippen molar-refractivity contribution in [2.75, 3.05) is 32.8 Å². The highest BCUT2D eigenvalue weighted by atomic mass is 35.5. The topological polar surface area (TPSA) is 67.6 Å². The Balaban J connectivity index is 0.00000242. The van der Waals surface area contributed by atoms with Crippen LogP contribution in [0.25, 0.3) is 0 Å². The van der Waals surface area contributed by atoms with Gasteiger partial charge in [-0.3, -0.25) is 4.79 Å². The first kappa shape index (κ1) is 22.9. The molecule has 2 saturated heterocycles. The van der Waals surface area contributed by atoms with Crippen molar-refractivity contribution in [2.24, 2.45) is 11.7 Å². The average Bonchev–Trinajstić information content (AvgIpc) is 2.53. The summed E-state index contributed by atoms with van der Waals surface area (Å²) in [6.45, 7) is 6.79. The normalized spacial score (nSPS) is 24.2. The van der Waals surface area contributed by atoms with E-state index in [0.717, 1.165) is 45.6 Å². The first-order valence-corrected chi connectivity index (χ1v) is 8.53. The van der Waals surface area contributed by atoms with Crippen molar-refractivity contribution < 1.29 is 9.53 Å². The number of hydrogen-bond donors (Lipinski definition) is 2. The third-order valence-electron chi connectivity index (χ3n) is 4.94. The second-order valence-electron chi connectivity index (χ2n) is 6.50. The van der Waals surface area contributed by atoms with Gasteiger partial charge < -0.3 is 20.7 Å². The summed E-state index contributed by atoms with van der Waals surface area (Å²) in [5.74, 6) is 0.287. The lowest BCUT2D eigenvalue weighted by atomic mass is 9.92. The van der Waals surface area contributed by atoms with E-state index >= 15 is 0 Å². The van der Waals surface area contributed by atoms with Gasteiger partial charge in [-0.05, 0) is 51.5 Å². The number of carbonyl (C=O) groups is 1. The van der Waals surface area contributed by atoms with Crippen LogP contribution in [0.5, 0.6) is 0 Å². The molecule has 2 aliphatic heterocycles. The van der Waals surface area contributed by atoms with E-state index in [0.29, 0.717) is 6.04 Å². The summed E-state index contributed by atoms with van der Waals surface area (Å²) in [6, 6.07) is 0.321. The summed E-state index contributed by atoms with van der Waals surface area (Å²) in [6.07, 6.45) is 6.79. The van der Waals surface area contributed by atoms with Crippen LogP contribution in [-0.4, -0.2) is 55.7 Å². The number of likely N-dealkylation sites (tertiary alicyclic amines) is 1. The number of halogens is 2. The molecule has 0 aromatic heterocycles. The van der Waals surface area contributed by atoms with Crippen molar-refractivity contribution in [1.82, 2.24) is 10.2 Å². The number of nitrogens with two attached hydrogens (primary N) is 1. The summed E-state index contributed by atoms with van der Waals surface area (Å²) in [4.78, 5) is 14.6. The van der Waals surface area contributed by atoms with Crippen molar-refractivity contribution in [1.29, 1.82) is 0 Å². The molecule has 2 heterocycles. The van der Waals surface area contributed by atoms with Gasteiger partial charge in [0.2, 0.25) is 5.91 Å². The maximum atomic E-state index is 12.1. The average molecular weight is 370 g/mol. The predicted molar refractivity (Wildman–Crippen MR) is 98.5 cm³/mol. The number of piperidine rings is 1. The molecule has 0 radical (unpaired) electrons. The highest BCUT2D eigenvalue weighted by Gasteiger charge is 2.26. The van der Waals surface area contributed by atoms with Crippen LogP contribution < -0.4 is 11.1 Å². The molecule has 2 fully saturated rings. The lowest BCUT2D eigenvalue weighted by Gasteiger charge is -2.33. The van der Waals surface area contributed by atoms with E-state index < -0.39 is 0 Å². The Hall–Kier alpha value is -0.0700. The van der Waals surface area contributed by atoms with Gasteiger partial charge in [-0.2, -0.15) is 0 Å². The molecule has 0 aromatic rings. The third kappa shape index (κ3) is 7.57. The Kier molecular flexibility index (Phi) is 12.3. The van der Waals surface area contributed by atoms with Crippen LogP contribution in [-0.2, 0) is 9.53 Å². The van der Waals surface area contributed by atoms with E-state index in [-0.39, 0.29) is 42.7 Å². The zero-order valence-electron chi connectivity index (χ0n) is 14.2. The standard InChI is InChI=1S/C16H31N3O2.2ClH/c1-13-5-2-3-9-19(13)10-4-8-18-16(20)15(17)14-6-11-21-12-7-14;;/h13-15H,2-12,17H2,1H3,(H,18,20);2*1H. The van der Waals surface area contributed by atoms with Gasteiger partial charge in [-0.15, -0.1) is 24.8 Å². The second kappa shape index (κ2) is 12.3. The number of carbonyl (C=O) groups excluding carboxylic acids is 1. The number of hydrogen-bond acceptors (Lipinski definition) is 4. The Labute approximate surface area is 152 Å². The zero-order valence-corrected chi connectivity index (χ0v) is 15.8. The van der Waals surface area contributed by atoms with Crippen LogP contribution in [0.15, 0.2) is 0 Å². The molecular formula is C16H33Cl2N3O2. The van der Waals surface area contributed by atoms with E-state index in [1.807, 2.05) is 0 Å². The van der Waals surface area contributed by atoms with Gasteiger partial charge in [-0.1, -0.05) is 6.42 Å². The van der Waals surface area contributed by atoms with E-state index in [2.05, 4.69) is 17.1 Å². The summed E-state index contributed by atoms with van der Waals surface area (Å²) in [7, 11) is 0. The Bertz CT molecular complexity index is 328. The quantitative estimate of drug-likeness (QED) is 0.702. The highest BCUT2D eigenvalue weighted by Crippen LogP contribution is 2.18. The zero-order chi connectivity index (χ0) is 15.1. The number of amides is 1. The van der Waals surface area contributed by atoms with Crippen LogP contribution in [0.2, 0.25) is 0 Å². The van der Waals surface area contributed by atoms with Gasteiger partial charge in [-0.25, -0.2) is 0 Å². The predicted octanol–water partition coefficient (Wildman–Crippen LogP) is 1.96. The molecular weight excluding hydrogens is 337 g/mol. The van der Waals surface area contributed by atoms with Gasteiger partial charge >= 0.3 is 0 Å². The van der Waals surface area contributed by atoms with Crippen LogP contribution >= 0.6 is 24.8 Å². The van der Waals surface area contributed by atoms with E-state index in [1.54, 1.807) is 0 Å². The molecule has 0 saturated carbocycles. The second-order valence-corrected chi connectivity index (χ2v) is 6.50. The van der Waals surface area contributed by atoms with Crippen molar-refractivity contribution in [2.45, 2.75) is 57.5 Å². The molecule has 0 spiro atoms. The summed E-state index contributed by atoms with van der Waals surface area (Å²) < 4.78 is 5.31. The van der Waals surface area contributed by atoms with Crippen molar-refractivity contribution in [3.63, 3.8) is 0 Å². The minimum absolute atomic E-state index is 0. The van der Waals surface area contributed by atoms with Crippen molar-refractivity contribution in [3.8, 4) is 0 Å². The highest BCUT2D eigenvalue weighted by molar-refractivity contribution is 5.85. The van der Waals surface area contributed by atoms with Gasteiger partial charge in [0.15, 0.2) is 0 Å². The molecule has 2 atom stereocenters. The number of rotatable bonds is 6. The molecule has 3 N–H and O–H groups in total. The fraction of sp³-hybridized carbons (Fsp3) is 0.938. The first-order chi connectivity index (χ1) is 10.2. The molecule has 0 aromatic carbocycles. The molecule has 2 rings (SSSR count). The van der Waals surface area contributed by atoms with E-state index in [9.17, 15) is 4.79 Å². The van der Waals surface area contributed by atoms with E-state index in [1.165, 1.54) is 25.8 Å². The third-order valence-corrected chi connectivity index (χ3v) is 4.94. The van der Waals surface area contributed by atoms with Crippen LogP contribution in [0.1, 0.15) is 45.4 Å². The summed E-state index contributed by atoms with van der Waals surface area (Å²) >= 11 is 0. The van der Waals surface area contributed by atoms with Crippen molar-refractivity contribution in [3.05, 3.63) is 0 Å². The Morgan fingerprint density at radius 1 is 1.26 bits per heavy atom. The largest absolute Gasteiger partial charge is 0.381 e. The molecule has 1 amide bonds. The smallest absolute Gasteiger partial charge is 0.237 e. The molecule has 5 nitrogen and oxygen atoms in total. The van der Waals surface area contributed by atoms with Gasteiger partial charge in [0.1, 0.15) is 0 Å². The number of nitrogens with one attached hydrogen (secondary N) is 1. The monoisotopic (exact) mass is 369 g/mol. The Morgan fingerprint density at radius 2 is 1.96 bits per heavy atom. The van der Waals surface area contributed by atoms with Crippen LogP contribution in [0, 0.1) is 5.92 Å². The molecule has 2 unspecified atom stereocenters. The van der Waals surface area contributed by atoms with E-state index in [4.69, 9.17) is 10.5 Å². The molecule has 2 aliphatic rings. The summed E-state index contributed by atoms with van der Waals surface area (Å²) in [5, 5.41) is 3.00. The molecule has 7 heteroatoms. The Morgan fingerprint density at radius 3 is 2.61 bits per heavy atom. The SMILES string of the molecule is CC1CCCCN1CCCNC(=O)C(N)C1CCOCC1.Cl.Cl. The number of ether oxygens (including phenoxy) is 1. The first-order valence-electron chi connectivity index (χ1n) is 8.53. The maximum Gasteiger partial charge on any atom is 0.237 e. The molecule has 138 valence electrons. The van der Waals surface area contributed by atoms with Crippen molar-refractivity contribution >= 4 is 30.7 Å². The van der Waals surface area contributed by atoms with Crippen LogP contribution in [0.4, 0.5) is 0 Å². The maximum absolute atomic E-state index is 12.1. The summed E-state index contributed by atoms with van der Waals surface area (Å²) in [5.41, 5.74) is 6.06. The minimum Gasteiger partial charge on any atom is -0.381 e. The van der Waals surface area contributed by atoms with Gasteiger partial charge in [0.05, 0.1) is 6.04 Å². The molecule has 0 aliphatic carbocycles. The van der Waals surface area contributed by atoms with Crippen LogP contribution in [0.3, 0.4) is 0 Å². The lowest BCUT2D eigenvalue weighted by molar-refractivity contribution is -0.124. The lowest BCUT2D eigenvalue weighted by Crippen LogP contribution is -2.47. The van der Waals surface area contributed by atoms with Gasteiger partial charge in [0, 0.05) is 32.3 Å².